The molecule has 2 atom stereocenters. The Hall–Kier alpha value is -1.17. The van der Waals surface area contributed by atoms with E-state index in [4.69, 9.17) is 14.2 Å². The quantitative estimate of drug-likeness (QED) is 0.0335. The van der Waals surface area contributed by atoms with Crippen LogP contribution in [0.25, 0.3) is 0 Å². The van der Waals surface area contributed by atoms with Gasteiger partial charge in [0.2, 0.25) is 0 Å². The fraction of sp³-hybridized carbons (Fsp3) is 0.846. The molecule has 0 aliphatic heterocycles. The number of esters is 1. The molecule has 0 amide bonds. The Kier molecular flexibility index (Phi) is 33.8. The Balaban J connectivity index is 4.51. The van der Waals surface area contributed by atoms with E-state index in [9.17, 15) is 9.90 Å². The molecule has 2 unspecified atom stereocenters. The summed E-state index contributed by atoms with van der Waals surface area (Å²) in [5.74, 6) is 0.563. The van der Waals surface area contributed by atoms with E-state index in [1.165, 1.54) is 57.8 Å². The number of aliphatic hydroxyl groups is 1. The summed E-state index contributed by atoms with van der Waals surface area (Å²) in [5.41, 5.74) is 0. The van der Waals surface area contributed by atoms with Crippen molar-refractivity contribution in [1.29, 1.82) is 0 Å². The van der Waals surface area contributed by atoms with Crippen molar-refractivity contribution in [3.63, 3.8) is 0 Å². The summed E-state index contributed by atoms with van der Waals surface area (Å²) in [6.45, 7) is 10.4. The number of aliphatic hydroxyl groups excluding tert-OH is 1. The van der Waals surface area contributed by atoms with Crippen molar-refractivity contribution in [2.24, 2.45) is 11.8 Å². The average Bonchev–Trinajstić information content (AvgIpc) is 3.03. The number of carbonyl (C=O) groups excluding carboxylic acids is 1. The number of ether oxygens (including phenoxy) is 3. The number of rotatable bonds is 34. The highest BCUT2D eigenvalue weighted by atomic mass is 16.7. The average molecular weight is 622 g/mol. The maximum atomic E-state index is 12.6. The second-order valence-electron chi connectivity index (χ2n) is 12.5. The summed E-state index contributed by atoms with van der Waals surface area (Å²) in [6, 6.07) is 0. The van der Waals surface area contributed by atoms with Gasteiger partial charge in [0.05, 0.1) is 13.0 Å². The molecule has 0 aromatic heterocycles. The minimum Gasteiger partial charge on any atom is -0.465 e. The van der Waals surface area contributed by atoms with Crippen molar-refractivity contribution in [3.8, 4) is 0 Å². The van der Waals surface area contributed by atoms with Gasteiger partial charge in [0.1, 0.15) is 0 Å². The second-order valence-corrected chi connectivity index (χ2v) is 12.5. The molecule has 0 bridgehead atoms. The highest BCUT2D eigenvalue weighted by molar-refractivity contribution is 5.69. The highest BCUT2D eigenvalue weighted by Gasteiger charge is 2.16. The molecule has 0 saturated carbocycles. The van der Waals surface area contributed by atoms with Crippen molar-refractivity contribution in [2.75, 3.05) is 26.4 Å². The first-order valence-corrected chi connectivity index (χ1v) is 18.7. The third-order valence-electron chi connectivity index (χ3n) is 8.26. The second kappa shape index (κ2) is 34.7. The van der Waals surface area contributed by atoms with E-state index in [0.717, 1.165) is 76.5 Å². The summed E-state index contributed by atoms with van der Waals surface area (Å²) < 4.78 is 17.7. The van der Waals surface area contributed by atoms with Gasteiger partial charge < -0.3 is 19.3 Å². The van der Waals surface area contributed by atoms with Crippen molar-refractivity contribution in [3.05, 3.63) is 30.7 Å². The number of carbonyl (C=O) groups is 1. The summed E-state index contributed by atoms with van der Waals surface area (Å²) in [4.78, 5) is 12.6. The molecule has 0 aromatic rings. The van der Waals surface area contributed by atoms with Crippen LogP contribution >= 0.6 is 0 Å². The molecule has 0 saturated heterocycles. The third-order valence-corrected chi connectivity index (χ3v) is 8.26. The van der Waals surface area contributed by atoms with Crippen molar-refractivity contribution in [2.45, 2.75) is 175 Å². The van der Waals surface area contributed by atoms with Crippen LogP contribution in [0.5, 0.6) is 0 Å². The van der Waals surface area contributed by atoms with Gasteiger partial charge in [-0.1, -0.05) is 123 Å². The lowest BCUT2D eigenvalue weighted by Gasteiger charge is -2.20. The zero-order valence-corrected chi connectivity index (χ0v) is 29.6. The van der Waals surface area contributed by atoms with E-state index in [-0.39, 0.29) is 31.2 Å². The molecule has 0 aromatic carbocycles. The van der Waals surface area contributed by atoms with Gasteiger partial charge in [-0.15, -0.1) is 0 Å². The SMILES string of the molecule is CC[CH]CCCC(CCCCCC)CCCC(CO)COC(=O)CCC(OCCCC/C=C\CC)OCCCC/C=C\CC. The molecular weight excluding hydrogens is 548 g/mol. The van der Waals surface area contributed by atoms with Crippen LogP contribution in [0.1, 0.15) is 169 Å². The van der Waals surface area contributed by atoms with Gasteiger partial charge in [0.25, 0.3) is 0 Å². The van der Waals surface area contributed by atoms with Gasteiger partial charge in [-0.3, -0.25) is 4.79 Å². The fourth-order valence-electron chi connectivity index (χ4n) is 5.43. The van der Waals surface area contributed by atoms with Gasteiger partial charge in [0.15, 0.2) is 6.29 Å². The van der Waals surface area contributed by atoms with E-state index >= 15 is 0 Å². The standard InChI is InChI=1S/C39H73O5/c1-5-9-13-17-19-23-32-42-39(43-33-24-20-18-14-10-6-2)31-30-38(41)44-35-37(34-40)29-25-28-36(26-21-15-11-7-3)27-22-16-12-8-4/h9-11,13-14,36-37,39-40H,5-8,12,15-35H2,1-4H3/b13-9-,14-10-. The zero-order chi connectivity index (χ0) is 32.4. The van der Waals surface area contributed by atoms with Gasteiger partial charge in [-0.05, 0) is 70.1 Å². The van der Waals surface area contributed by atoms with E-state index in [2.05, 4.69) is 58.4 Å². The maximum absolute atomic E-state index is 12.6. The Morgan fingerprint density at radius 3 is 1.82 bits per heavy atom. The van der Waals surface area contributed by atoms with Crippen molar-refractivity contribution < 1.29 is 24.1 Å². The smallest absolute Gasteiger partial charge is 0.305 e. The van der Waals surface area contributed by atoms with Gasteiger partial charge in [0, 0.05) is 32.2 Å². The molecule has 44 heavy (non-hydrogen) atoms. The van der Waals surface area contributed by atoms with Crippen LogP contribution in [0, 0.1) is 18.3 Å². The number of allylic oxidation sites excluding steroid dienone is 4. The van der Waals surface area contributed by atoms with Gasteiger partial charge in [-0.25, -0.2) is 0 Å². The number of hydrogen-bond acceptors (Lipinski definition) is 5. The summed E-state index contributed by atoms with van der Waals surface area (Å²) >= 11 is 0. The lowest BCUT2D eigenvalue weighted by atomic mass is 9.89. The molecule has 5 heteroatoms. The van der Waals surface area contributed by atoms with Gasteiger partial charge >= 0.3 is 5.97 Å². The fourth-order valence-corrected chi connectivity index (χ4v) is 5.43. The summed E-state index contributed by atoms with van der Waals surface area (Å²) in [6.07, 6.45) is 34.9. The lowest BCUT2D eigenvalue weighted by Crippen LogP contribution is -2.22. The summed E-state index contributed by atoms with van der Waals surface area (Å²) in [5, 5.41) is 9.96. The number of hydrogen-bond donors (Lipinski definition) is 1. The molecule has 1 N–H and O–H groups in total. The monoisotopic (exact) mass is 622 g/mol. The predicted molar refractivity (Wildman–Crippen MR) is 188 cm³/mol. The molecule has 0 aliphatic rings. The Morgan fingerprint density at radius 2 is 1.23 bits per heavy atom. The molecule has 259 valence electrons. The predicted octanol–water partition coefficient (Wildman–Crippen LogP) is 11.1. The van der Waals surface area contributed by atoms with Crippen LogP contribution in [0.4, 0.5) is 0 Å². The normalized spacial score (nSPS) is 12.8. The zero-order valence-electron chi connectivity index (χ0n) is 29.6. The lowest BCUT2D eigenvalue weighted by molar-refractivity contribution is -0.160. The van der Waals surface area contributed by atoms with Crippen LogP contribution in [-0.4, -0.2) is 43.8 Å². The Bertz CT molecular complexity index is 610. The van der Waals surface area contributed by atoms with Crippen molar-refractivity contribution in [1.82, 2.24) is 0 Å². The first kappa shape index (κ1) is 42.8. The topological polar surface area (TPSA) is 65.0 Å². The molecule has 1 radical (unpaired) electrons. The van der Waals surface area contributed by atoms with E-state index in [1.54, 1.807) is 0 Å². The van der Waals surface area contributed by atoms with E-state index in [1.807, 2.05) is 0 Å². The van der Waals surface area contributed by atoms with E-state index < -0.39 is 0 Å². The van der Waals surface area contributed by atoms with Crippen LogP contribution in [-0.2, 0) is 19.0 Å². The van der Waals surface area contributed by atoms with E-state index in [0.29, 0.717) is 26.2 Å². The van der Waals surface area contributed by atoms with Crippen LogP contribution < -0.4 is 0 Å². The molecule has 0 rings (SSSR count). The third kappa shape index (κ3) is 29.5. The van der Waals surface area contributed by atoms with Crippen LogP contribution in [0.2, 0.25) is 0 Å². The minimum absolute atomic E-state index is 0.0138. The molecular formula is C39H73O5. The minimum atomic E-state index is -0.377. The first-order chi connectivity index (χ1) is 21.6. The number of unbranched alkanes of at least 4 members (excludes halogenated alkanes) is 10. The Morgan fingerprint density at radius 1 is 0.614 bits per heavy atom. The molecule has 0 heterocycles. The maximum Gasteiger partial charge on any atom is 0.305 e. The molecule has 0 fully saturated rings. The Labute approximate surface area is 274 Å². The summed E-state index contributed by atoms with van der Waals surface area (Å²) in [7, 11) is 0. The molecule has 5 nitrogen and oxygen atoms in total. The van der Waals surface area contributed by atoms with Crippen LogP contribution in [0.3, 0.4) is 0 Å². The highest BCUT2D eigenvalue weighted by Crippen LogP contribution is 2.25. The molecule has 0 aliphatic carbocycles. The first-order valence-electron chi connectivity index (χ1n) is 18.7. The van der Waals surface area contributed by atoms with Gasteiger partial charge in [-0.2, -0.15) is 0 Å². The van der Waals surface area contributed by atoms with Crippen molar-refractivity contribution >= 4 is 5.97 Å². The van der Waals surface area contributed by atoms with Crippen LogP contribution in [0.15, 0.2) is 24.3 Å². The molecule has 0 spiro atoms. The largest absolute Gasteiger partial charge is 0.465 e.